The summed E-state index contributed by atoms with van der Waals surface area (Å²) >= 11 is 1.46. The Morgan fingerprint density at radius 2 is 2.08 bits per heavy atom. The second-order valence-electron chi connectivity index (χ2n) is 6.12. The van der Waals surface area contributed by atoms with Gasteiger partial charge in [0.2, 0.25) is 0 Å². The van der Waals surface area contributed by atoms with E-state index < -0.39 is 15.1 Å². The third-order valence-electron chi connectivity index (χ3n) is 4.61. The first-order valence-electron chi connectivity index (χ1n) is 7.85. The average Bonchev–Trinajstić information content (AvgIpc) is 3.07. The van der Waals surface area contributed by atoms with Gasteiger partial charge in [-0.25, -0.2) is 8.42 Å². The molecule has 2 aromatic heterocycles. The summed E-state index contributed by atoms with van der Waals surface area (Å²) in [4.78, 5) is 15.4. The van der Waals surface area contributed by atoms with E-state index >= 15 is 0 Å². The first kappa shape index (κ1) is 17.2. The van der Waals surface area contributed by atoms with Gasteiger partial charge in [-0.15, -0.1) is 11.3 Å². The number of aromatic nitrogens is 2. The Kier molecular flexibility index (Phi) is 4.52. The average molecular weight is 367 g/mol. The number of aryl methyl sites for hydroxylation is 2. The second kappa shape index (κ2) is 6.33. The highest BCUT2D eigenvalue weighted by atomic mass is 32.2. The summed E-state index contributed by atoms with van der Waals surface area (Å²) in [6.45, 7) is 4.34. The smallest absolute Gasteiger partial charge is 0.257 e. The number of rotatable bonds is 2. The molecular weight excluding hydrogens is 346 g/mol. The van der Waals surface area contributed by atoms with E-state index in [1.807, 2.05) is 31.4 Å². The van der Waals surface area contributed by atoms with Crippen LogP contribution in [0.2, 0.25) is 0 Å². The molecule has 0 spiro atoms. The van der Waals surface area contributed by atoms with Crippen LogP contribution in [0, 0.1) is 13.8 Å². The molecule has 0 aromatic carbocycles. The number of amides is 1. The predicted molar refractivity (Wildman–Crippen MR) is 94.0 cm³/mol. The molecule has 8 heteroatoms. The second-order valence-corrected chi connectivity index (χ2v) is 9.40. The van der Waals surface area contributed by atoms with Crippen molar-refractivity contribution in [2.75, 3.05) is 18.8 Å². The molecule has 2 aromatic rings. The molecule has 3 rings (SSSR count). The van der Waals surface area contributed by atoms with Crippen LogP contribution >= 0.6 is 11.3 Å². The van der Waals surface area contributed by atoms with Crippen molar-refractivity contribution in [1.82, 2.24) is 14.7 Å². The lowest BCUT2D eigenvalue weighted by atomic mass is 10.1. The lowest BCUT2D eigenvalue weighted by Crippen LogP contribution is -2.34. The van der Waals surface area contributed by atoms with Crippen molar-refractivity contribution < 1.29 is 13.2 Å². The van der Waals surface area contributed by atoms with Gasteiger partial charge in [0.25, 0.3) is 5.91 Å². The van der Waals surface area contributed by atoms with Crippen LogP contribution in [0.1, 0.15) is 38.3 Å². The maximum Gasteiger partial charge on any atom is 0.257 e. The third kappa shape index (κ3) is 3.00. The third-order valence-corrected chi connectivity index (χ3v) is 7.85. The molecule has 1 unspecified atom stereocenters. The van der Waals surface area contributed by atoms with E-state index in [1.54, 1.807) is 16.6 Å². The van der Waals surface area contributed by atoms with E-state index in [4.69, 9.17) is 0 Å². The highest BCUT2D eigenvalue weighted by Gasteiger charge is 2.34. The summed E-state index contributed by atoms with van der Waals surface area (Å²) in [5, 5.41) is 5.67. The predicted octanol–water partition coefficient (Wildman–Crippen LogP) is 2.10. The van der Waals surface area contributed by atoms with Gasteiger partial charge in [-0.1, -0.05) is 6.07 Å². The molecular formula is C16H21N3O3S2. The zero-order valence-corrected chi connectivity index (χ0v) is 15.7. The Morgan fingerprint density at radius 1 is 1.33 bits per heavy atom. The minimum Gasteiger partial charge on any atom is -0.337 e. The zero-order chi connectivity index (χ0) is 17.5. The molecule has 130 valence electrons. The molecule has 1 aliphatic heterocycles. The van der Waals surface area contributed by atoms with Gasteiger partial charge in [-0.3, -0.25) is 9.48 Å². The number of hydrogen-bond donors (Lipinski definition) is 0. The topological polar surface area (TPSA) is 72.3 Å². The fourth-order valence-electron chi connectivity index (χ4n) is 3.18. The highest BCUT2D eigenvalue weighted by Crippen LogP contribution is 2.32. The van der Waals surface area contributed by atoms with E-state index in [-0.39, 0.29) is 18.2 Å². The number of nitrogens with zero attached hydrogens (tertiary/aromatic N) is 3. The number of carbonyl (C=O) groups excluding carboxylic acids is 1. The van der Waals surface area contributed by atoms with Crippen LogP contribution in [-0.4, -0.2) is 47.8 Å². The van der Waals surface area contributed by atoms with Crippen molar-refractivity contribution in [3.05, 3.63) is 39.3 Å². The van der Waals surface area contributed by atoms with E-state index in [0.717, 1.165) is 10.6 Å². The molecule has 1 fully saturated rings. The van der Waals surface area contributed by atoms with Gasteiger partial charge < -0.3 is 4.90 Å². The van der Waals surface area contributed by atoms with Crippen LogP contribution in [0.5, 0.6) is 0 Å². The van der Waals surface area contributed by atoms with Crippen LogP contribution in [0.4, 0.5) is 0 Å². The standard InChI is InChI=1S/C16H21N3O3S2/c1-11-15(12(2)18(3)17-11)16(20)19-7-6-14(13-5-4-9-23-13)24(21,22)10-8-19/h4-5,9,14H,6-8,10H2,1-3H3. The van der Waals surface area contributed by atoms with Gasteiger partial charge in [0, 0.05) is 30.7 Å². The Bertz CT molecular complexity index is 854. The summed E-state index contributed by atoms with van der Waals surface area (Å²) in [7, 11) is -1.45. The molecule has 3 heterocycles. The minimum absolute atomic E-state index is 0.000333. The molecule has 1 atom stereocenters. The number of carbonyl (C=O) groups is 1. The van der Waals surface area contributed by atoms with E-state index in [0.29, 0.717) is 24.2 Å². The van der Waals surface area contributed by atoms with Gasteiger partial charge in [0.05, 0.1) is 22.3 Å². The minimum atomic E-state index is -3.25. The van der Waals surface area contributed by atoms with E-state index in [2.05, 4.69) is 5.10 Å². The molecule has 1 saturated heterocycles. The van der Waals surface area contributed by atoms with Gasteiger partial charge >= 0.3 is 0 Å². The highest BCUT2D eigenvalue weighted by molar-refractivity contribution is 7.91. The first-order chi connectivity index (χ1) is 11.3. The van der Waals surface area contributed by atoms with Crippen LogP contribution in [0.15, 0.2) is 17.5 Å². The Morgan fingerprint density at radius 3 is 2.67 bits per heavy atom. The van der Waals surface area contributed by atoms with Crippen LogP contribution in [0.25, 0.3) is 0 Å². The summed E-state index contributed by atoms with van der Waals surface area (Å²) < 4.78 is 26.9. The molecule has 0 N–H and O–H groups in total. The SMILES string of the molecule is Cc1nn(C)c(C)c1C(=O)N1CCC(c2cccs2)S(=O)(=O)CC1. The molecule has 0 aliphatic carbocycles. The van der Waals surface area contributed by atoms with Gasteiger partial charge in [-0.05, 0) is 31.7 Å². The molecule has 0 bridgehead atoms. The quantitative estimate of drug-likeness (QED) is 0.815. The lowest BCUT2D eigenvalue weighted by Gasteiger charge is -2.20. The van der Waals surface area contributed by atoms with Crippen LogP contribution in [-0.2, 0) is 16.9 Å². The Balaban J connectivity index is 1.86. The maximum atomic E-state index is 12.9. The summed E-state index contributed by atoms with van der Waals surface area (Å²) in [6.07, 6.45) is 0.437. The van der Waals surface area contributed by atoms with Gasteiger partial charge in [-0.2, -0.15) is 5.10 Å². The Labute approximate surface area is 146 Å². The van der Waals surface area contributed by atoms with Gasteiger partial charge in [0.1, 0.15) is 0 Å². The largest absolute Gasteiger partial charge is 0.337 e. The van der Waals surface area contributed by atoms with Crippen molar-refractivity contribution >= 4 is 27.1 Å². The van der Waals surface area contributed by atoms with Crippen LogP contribution < -0.4 is 0 Å². The zero-order valence-electron chi connectivity index (χ0n) is 14.0. The first-order valence-corrected chi connectivity index (χ1v) is 10.4. The lowest BCUT2D eigenvalue weighted by molar-refractivity contribution is 0.0765. The normalized spacial score (nSPS) is 20.8. The van der Waals surface area contributed by atoms with Crippen LogP contribution in [0.3, 0.4) is 0 Å². The molecule has 6 nitrogen and oxygen atoms in total. The summed E-state index contributed by atoms with van der Waals surface area (Å²) in [5.74, 6) is -0.125. The Hall–Kier alpha value is -1.67. The molecule has 0 saturated carbocycles. The van der Waals surface area contributed by atoms with Gasteiger partial charge in [0.15, 0.2) is 9.84 Å². The van der Waals surface area contributed by atoms with Crippen molar-refractivity contribution in [2.24, 2.45) is 7.05 Å². The van der Waals surface area contributed by atoms with Crippen molar-refractivity contribution in [3.63, 3.8) is 0 Å². The van der Waals surface area contributed by atoms with E-state index in [1.165, 1.54) is 11.3 Å². The molecule has 0 radical (unpaired) electrons. The van der Waals surface area contributed by atoms with Crippen molar-refractivity contribution in [2.45, 2.75) is 25.5 Å². The molecule has 1 amide bonds. The molecule has 24 heavy (non-hydrogen) atoms. The fourth-order valence-corrected chi connectivity index (χ4v) is 6.19. The van der Waals surface area contributed by atoms with Crippen molar-refractivity contribution in [3.8, 4) is 0 Å². The molecule has 1 aliphatic rings. The maximum absolute atomic E-state index is 12.9. The summed E-state index contributed by atoms with van der Waals surface area (Å²) in [5.41, 5.74) is 2.07. The number of sulfone groups is 1. The fraction of sp³-hybridized carbons (Fsp3) is 0.500. The van der Waals surface area contributed by atoms with E-state index in [9.17, 15) is 13.2 Å². The summed E-state index contributed by atoms with van der Waals surface area (Å²) in [6, 6.07) is 3.73. The number of thiophene rings is 1. The van der Waals surface area contributed by atoms with Crippen molar-refractivity contribution in [1.29, 1.82) is 0 Å². The number of hydrogen-bond acceptors (Lipinski definition) is 5. The monoisotopic (exact) mass is 367 g/mol.